The van der Waals surface area contributed by atoms with Crippen LogP contribution in [-0.2, 0) is 14.8 Å². The van der Waals surface area contributed by atoms with Crippen LogP contribution in [-0.4, -0.2) is 34.0 Å². The molecule has 0 saturated carbocycles. The Morgan fingerprint density at radius 3 is 2.68 bits per heavy atom. The molecule has 132 valence electrons. The molecule has 2 aromatic carbocycles. The van der Waals surface area contributed by atoms with E-state index in [0.29, 0.717) is 30.3 Å². The van der Waals surface area contributed by atoms with Gasteiger partial charge in [0.05, 0.1) is 23.7 Å². The van der Waals surface area contributed by atoms with Crippen LogP contribution < -0.4 is 20.1 Å². The normalized spacial score (nSPS) is 13.7. The first-order valence-electron chi connectivity index (χ1n) is 7.75. The number of aryl methyl sites for hydroxylation is 1. The summed E-state index contributed by atoms with van der Waals surface area (Å²) in [4.78, 5) is 14.1. The number of benzene rings is 2. The zero-order valence-electron chi connectivity index (χ0n) is 13.7. The number of amides is 1. The number of hydrogen-bond acceptors (Lipinski definition) is 6. The molecule has 0 radical (unpaired) electrons. The Balaban J connectivity index is 1.73. The van der Waals surface area contributed by atoms with Crippen molar-refractivity contribution in [3.8, 4) is 5.75 Å². The second kappa shape index (κ2) is 6.64. The quantitative estimate of drug-likeness (QED) is 0.796. The van der Waals surface area contributed by atoms with Crippen LogP contribution in [0.5, 0.6) is 5.75 Å². The van der Waals surface area contributed by atoms with Gasteiger partial charge in [-0.3, -0.25) is 4.79 Å². The molecule has 0 fully saturated rings. The number of nitrogens with zero attached hydrogens (tertiary/aromatic N) is 1. The topological polar surface area (TPSA) is 102 Å². The summed E-state index contributed by atoms with van der Waals surface area (Å²) in [5.41, 5.74) is 7.94. The molecule has 25 heavy (non-hydrogen) atoms. The van der Waals surface area contributed by atoms with Crippen LogP contribution in [0.2, 0.25) is 0 Å². The number of ether oxygens (including phenoxy) is 1. The molecule has 1 aliphatic heterocycles. The molecule has 3 rings (SSSR count). The summed E-state index contributed by atoms with van der Waals surface area (Å²) in [5, 5.41) is 0. The van der Waals surface area contributed by atoms with Crippen molar-refractivity contribution in [2.45, 2.75) is 11.8 Å². The number of carbonyl (C=O) groups is 1. The lowest BCUT2D eigenvalue weighted by molar-refractivity contribution is -0.118. The lowest BCUT2D eigenvalue weighted by Crippen LogP contribution is -2.43. The minimum absolute atomic E-state index is 0.0538. The van der Waals surface area contributed by atoms with Crippen molar-refractivity contribution in [3.05, 3.63) is 48.0 Å². The van der Waals surface area contributed by atoms with Crippen LogP contribution >= 0.6 is 0 Å². The number of carbonyl (C=O) groups excluding carboxylic acids is 1. The molecular weight excluding hydrogens is 342 g/mol. The SMILES string of the molecule is Cc1ccc(S(=O)(=O)NC(=O)CN2CCOc3ccc(N)cc32)cc1. The van der Waals surface area contributed by atoms with Crippen LogP contribution in [0.3, 0.4) is 0 Å². The predicted octanol–water partition coefficient (Wildman–Crippen LogP) is 1.28. The molecule has 1 heterocycles. The second-order valence-corrected chi connectivity index (χ2v) is 7.52. The van der Waals surface area contributed by atoms with E-state index >= 15 is 0 Å². The number of nitrogen functional groups attached to an aromatic ring is 1. The summed E-state index contributed by atoms with van der Waals surface area (Å²) in [6.45, 7) is 2.63. The van der Waals surface area contributed by atoms with Gasteiger partial charge in [-0.05, 0) is 37.3 Å². The molecule has 0 aliphatic carbocycles. The van der Waals surface area contributed by atoms with Crippen molar-refractivity contribution in [1.82, 2.24) is 4.72 Å². The maximum Gasteiger partial charge on any atom is 0.264 e. The highest BCUT2D eigenvalue weighted by molar-refractivity contribution is 7.90. The Kier molecular flexibility index (Phi) is 4.54. The number of sulfonamides is 1. The average molecular weight is 361 g/mol. The fourth-order valence-corrected chi connectivity index (χ4v) is 3.56. The molecule has 1 amide bonds. The molecule has 1 aliphatic rings. The first kappa shape index (κ1) is 17.1. The minimum atomic E-state index is -3.89. The summed E-state index contributed by atoms with van der Waals surface area (Å²) in [6.07, 6.45) is 0. The largest absolute Gasteiger partial charge is 0.490 e. The number of anilines is 2. The standard InChI is InChI=1S/C17H19N3O4S/c1-12-2-5-14(6-3-12)25(22,23)19-17(21)11-20-8-9-24-16-7-4-13(18)10-15(16)20/h2-7,10H,8-9,11,18H2,1H3,(H,19,21). The molecule has 8 heteroatoms. The van der Waals surface area contributed by atoms with Crippen molar-refractivity contribution in [1.29, 1.82) is 0 Å². The van der Waals surface area contributed by atoms with Gasteiger partial charge < -0.3 is 15.4 Å². The van der Waals surface area contributed by atoms with Gasteiger partial charge in [0.1, 0.15) is 12.4 Å². The summed E-state index contributed by atoms with van der Waals surface area (Å²) in [7, 11) is -3.89. The molecule has 0 spiro atoms. The fourth-order valence-electron chi connectivity index (χ4n) is 2.59. The van der Waals surface area contributed by atoms with E-state index in [0.717, 1.165) is 5.56 Å². The molecule has 0 atom stereocenters. The number of rotatable bonds is 4. The van der Waals surface area contributed by atoms with Gasteiger partial charge in [0.2, 0.25) is 0 Å². The number of nitrogens with two attached hydrogens (primary N) is 1. The van der Waals surface area contributed by atoms with Crippen LogP contribution in [0.25, 0.3) is 0 Å². The first-order chi connectivity index (χ1) is 11.8. The summed E-state index contributed by atoms with van der Waals surface area (Å²) in [5.74, 6) is 0.00508. The third kappa shape index (κ3) is 3.85. The Labute approximate surface area is 146 Å². The summed E-state index contributed by atoms with van der Waals surface area (Å²) < 4.78 is 32.2. The minimum Gasteiger partial charge on any atom is -0.490 e. The van der Waals surface area contributed by atoms with E-state index < -0.39 is 15.9 Å². The van der Waals surface area contributed by atoms with Crippen molar-refractivity contribution in [3.63, 3.8) is 0 Å². The molecule has 0 aromatic heterocycles. The van der Waals surface area contributed by atoms with E-state index in [-0.39, 0.29) is 11.4 Å². The number of hydrogen-bond donors (Lipinski definition) is 2. The molecule has 7 nitrogen and oxygen atoms in total. The van der Waals surface area contributed by atoms with Crippen LogP contribution in [0.15, 0.2) is 47.4 Å². The van der Waals surface area contributed by atoms with E-state index in [9.17, 15) is 13.2 Å². The Morgan fingerprint density at radius 2 is 1.96 bits per heavy atom. The number of fused-ring (bicyclic) bond motifs is 1. The lowest BCUT2D eigenvalue weighted by Gasteiger charge is -2.30. The van der Waals surface area contributed by atoms with Crippen molar-refractivity contribution in [2.75, 3.05) is 30.3 Å². The third-order valence-corrected chi connectivity index (χ3v) is 5.25. The van der Waals surface area contributed by atoms with Crippen molar-refractivity contribution in [2.24, 2.45) is 0 Å². The third-order valence-electron chi connectivity index (χ3n) is 3.86. The van der Waals surface area contributed by atoms with Crippen molar-refractivity contribution < 1.29 is 17.9 Å². The first-order valence-corrected chi connectivity index (χ1v) is 9.23. The average Bonchev–Trinajstić information content (AvgIpc) is 2.55. The Hall–Kier alpha value is -2.74. The molecular formula is C17H19N3O4S. The zero-order chi connectivity index (χ0) is 18.0. The molecule has 3 N–H and O–H groups in total. The van der Waals surface area contributed by atoms with E-state index in [1.54, 1.807) is 35.2 Å². The van der Waals surface area contributed by atoms with Gasteiger partial charge in [-0.15, -0.1) is 0 Å². The number of nitrogens with one attached hydrogen (secondary N) is 1. The van der Waals surface area contributed by atoms with Gasteiger partial charge in [0.15, 0.2) is 0 Å². The lowest BCUT2D eigenvalue weighted by atomic mass is 10.2. The summed E-state index contributed by atoms with van der Waals surface area (Å²) in [6, 6.07) is 11.4. The second-order valence-electron chi connectivity index (χ2n) is 5.84. The summed E-state index contributed by atoms with van der Waals surface area (Å²) >= 11 is 0. The van der Waals surface area contributed by atoms with E-state index in [1.165, 1.54) is 12.1 Å². The highest BCUT2D eigenvalue weighted by Gasteiger charge is 2.23. The highest BCUT2D eigenvalue weighted by Crippen LogP contribution is 2.33. The van der Waals surface area contributed by atoms with Gasteiger partial charge in [0.25, 0.3) is 15.9 Å². The van der Waals surface area contributed by atoms with Gasteiger partial charge in [-0.1, -0.05) is 17.7 Å². The molecule has 0 bridgehead atoms. The molecule has 0 saturated heterocycles. The van der Waals surface area contributed by atoms with Crippen LogP contribution in [0.4, 0.5) is 11.4 Å². The maximum atomic E-state index is 12.3. The van der Waals surface area contributed by atoms with E-state index in [1.807, 2.05) is 6.92 Å². The maximum absolute atomic E-state index is 12.3. The van der Waals surface area contributed by atoms with Crippen LogP contribution in [0.1, 0.15) is 5.56 Å². The van der Waals surface area contributed by atoms with E-state index in [4.69, 9.17) is 10.5 Å². The van der Waals surface area contributed by atoms with Gasteiger partial charge >= 0.3 is 0 Å². The Morgan fingerprint density at radius 1 is 1.24 bits per heavy atom. The smallest absolute Gasteiger partial charge is 0.264 e. The highest BCUT2D eigenvalue weighted by atomic mass is 32.2. The Bertz CT molecular complexity index is 895. The van der Waals surface area contributed by atoms with Gasteiger partial charge in [-0.2, -0.15) is 0 Å². The van der Waals surface area contributed by atoms with Gasteiger partial charge in [-0.25, -0.2) is 13.1 Å². The zero-order valence-corrected chi connectivity index (χ0v) is 14.5. The molecule has 2 aromatic rings. The fraction of sp³-hybridized carbons (Fsp3) is 0.235. The molecule has 0 unspecified atom stereocenters. The van der Waals surface area contributed by atoms with Gasteiger partial charge in [0, 0.05) is 5.69 Å². The van der Waals surface area contributed by atoms with Crippen LogP contribution in [0, 0.1) is 6.92 Å². The van der Waals surface area contributed by atoms with Crippen molar-refractivity contribution >= 4 is 27.3 Å². The predicted molar refractivity (Wildman–Crippen MR) is 95.1 cm³/mol. The van der Waals surface area contributed by atoms with E-state index in [2.05, 4.69) is 4.72 Å². The monoisotopic (exact) mass is 361 g/mol.